The molecule has 1 aliphatic rings. The molecular formula is C19H22Cl2N2O3. The van der Waals surface area contributed by atoms with Gasteiger partial charge in [-0.3, -0.25) is 4.79 Å². The number of hydrogen-bond donors (Lipinski definition) is 1. The van der Waals surface area contributed by atoms with Crippen LogP contribution in [0.15, 0.2) is 42.5 Å². The second-order valence-electron chi connectivity index (χ2n) is 5.81. The standard InChI is InChI=1S/C19H21ClN2O3.ClH/c1-24-13-7-8-15(18(11-13)25-2)19(23)22-10-9-21-12-17(22)14-5-3-4-6-16(14)20;/h3-8,11,17,21H,9-10,12H2,1-2H3;1H. The van der Waals surface area contributed by atoms with Gasteiger partial charge in [-0.2, -0.15) is 0 Å². The Morgan fingerprint density at radius 1 is 1.19 bits per heavy atom. The monoisotopic (exact) mass is 396 g/mol. The van der Waals surface area contributed by atoms with Crippen LogP contribution in [-0.4, -0.2) is 44.7 Å². The zero-order valence-corrected chi connectivity index (χ0v) is 16.3. The Kier molecular flexibility index (Phi) is 7.14. The topological polar surface area (TPSA) is 50.8 Å². The molecule has 0 bridgehead atoms. The van der Waals surface area contributed by atoms with E-state index >= 15 is 0 Å². The summed E-state index contributed by atoms with van der Waals surface area (Å²) in [6.07, 6.45) is 0. The normalized spacial score (nSPS) is 16.6. The fourth-order valence-corrected chi connectivity index (χ4v) is 3.36. The highest BCUT2D eigenvalue weighted by molar-refractivity contribution is 6.31. The fourth-order valence-electron chi connectivity index (χ4n) is 3.10. The van der Waals surface area contributed by atoms with Crippen LogP contribution in [0.2, 0.25) is 5.02 Å². The molecule has 0 aromatic heterocycles. The number of rotatable bonds is 4. The van der Waals surface area contributed by atoms with Gasteiger partial charge in [-0.25, -0.2) is 0 Å². The number of carbonyl (C=O) groups excluding carboxylic acids is 1. The lowest BCUT2D eigenvalue weighted by Crippen LogP contribution is -2.48. The minimum absolute atomic E-state index is 0. The summed E-state index contributed by atoms with van der Waals surface area (Å²) in [5.74, 6) is 1.07. The molecule has 0 spiro atoms. The zero-order chi connectivity index (χ0) is 17.8. The molecule has 1 saturated heterocycles. The minimum atomic E-state index is -0.123. The number of nitrogens with zero attached hydrogens (tertiary/aromatic N) is 1. The van der Waals surface area contributed by atoms with Crippen LogP contribution in [0.1, 0.15) is 22.0 Å². The van der Waals surface area contributed by atoms with Gasteiger partial charge in [0.05, 0.1) is 25.8 Å². The molecule has 1 amide bonds. The highest BCUT2D eigenvalue weighted by Crippen LogP contribution is 2.32. The Morgan fingerprint density at radius 3 is 2.65 bits per heavy atom. The molecule has 2 aromatic carbocycles. The second kappa shape index (κ2) is 9.12. The van der Waals surface area contributed by atoms with Crippen molar-refractivity contribution in [3.63, 3.8) is 0 Å². The first-order valence-electron chi connectivity index (χ1n) is 8.14. The number of methoxy groups -OCH3 is 2. The third-order valence-electron chi connectivity index (χ3n) is 4.41. The molecule has 26 heavy (non-hydrogen) atoms. The van der Waals surface area contributed by atoms with E-state index in [0.717, 1.165) is 12.1 Å². The number of halogens is 2. The molecule has 0 saturated carbocycles. The van der Waals surface area contributed by atoms with Gasteiger partial charge >= 0.3 is 0 Å². The van der Waals surface area contributed by atoms with E-state index in [-0.39, 0.29) is 24.4 Å². The average Bonchev–Trinajstić information content (AvgIpc) is 2.67. The summed E-state index contributed by atoms with van der Waals surface area (Å²) in [5.41, 5.74) is 1.46. The van der Waals surface area contributed by atoms with E-state index in [2.05, 4.69) is 5.32 Å². The smallest absolute Gasteiger partial charge is 0.258 e. The van der Waals surface area contributed by atoms with Crippen molar-refractivity contribution >= 4 is 29.9 Å². The molecule has 1 atom stereocenters. The number of piperazine rings is 1. The van der Waals surface area contributed by atoms with Gasteiger partial charge < -0.3 is 19.7 Å². The molecule has 0 radical (unpaired) electrons. The number of benzene rings is 2. The number of carbonyl (C=O) groups is 1. The maximum Gasteiger partial charge on any atom is 0.258 e. The molecule has 1 N–H and O–H groups in total. The Bertz CT molecular complexity index is 770. The van der Waals surface area contributed by atoms with E-state index in [4.69, 9.17) is 21.1 Å². The number of nitrogens with one attached hydrogen (secondary N) is 1. The van der Waals surface area contributed by atoms with Crippen LogP contribution in [-0.2, 0) is 0 Å². The Morgan fingerprint density at radius 2 is 1.96 bits per heavy atom. The van der Waals surface area contributed by atoms with Crippen LogP contribution in [0, 0.1) is 0 Å². The first-order valence-corrected chi connectivity index (χ1v) is 8.51. The van der Waals surface area contributed by atoms with Gasteiger partial charge in [0.25, 0.3) is 5.91 Å². The Hall–Kier alpha value is -1.95. The van der Waals surface area contributed by atoms with Crippen molar-refractivity contribution in [2.24, 2.45) is 0 Å². The first kappa shape index (κ1) is 20.4. The van der Waals surface area contributed by atoms with E-state index in [1.54, 1.807) is 32.4 Å². The summed E-state index contributed by atoms with van der Waals surface area (Å²) in [4.78, 5) is 15.1. The fraction of sp³-hybridized carbons (Fsp3) is 0.316. The summed E-state index contributed by atoms with van der Waals surface area (Å²) < 4.78 is 10.6. The maximum atomic E-state index is 13.2. The van der Waals surface area contributed by atoms with Gasteiger partial charge in [0.2, 0.25) is 0 Å². The lowest BCUT2D eigenvalue weighted by atomic mass is 10.0. The van der Waals surface area contributed by atoms with E-state index in [1.165, 1.54) is 0 Å². The molecule has 1 fully saturated rings. The lowest BCUT2D eigenvalue weighted by molar-refractivity contribution is 0.0631. The number of hydrogen-bond acceptors (Lipinski definition) is 4. The summed E-state index contributed by atoms with van der Waals surface area (Å²) in [6, 6.07) is 12.7. The highest BCUT2D eigenvalue weighted by atomic mass is 35.5. The summed E-state index contributed by atoms with van der Waals surface area (Å²) >= 11 is 6.36. The molecule has 0 aliphatic carbocycles. The van der Waals surface area contributed by atoms with Gasteiger partial charge in [-0.05, 0) is 23.8 Å². The first-order chi connectivity index (χ1) is 12.2. The van der Waals surface area contributed by atoms with Gasteiger partial charge in [-0.15, -0.1) is 12.4 Å². The second-order valence-corrected chi connectivity index (χ2v) is 6.21. The summed E-state index contributed by atoms with van der Waals surface area (Å²) in [7, 11) is 3.13. The Labute approximate surface area is 164 Å². The molecule has 7 heteroatoms. The molecule has 1 unspecified atom stereocenters. The highest BCUT2D eigenvalue weighted by Gasteiger charge is 2.31. The maximum absolute atomic E-state index is 13.2. The van der Waals surface area contributed by atoms with Gasteiger partial charge in [-0.1, -0.05) is 29.8 Å². The molecule has 1 heterocycles. The van der Waals surface area contributed by atoms with Crippen molar-refractivity contribution in [1.29, 1.82) is 0 Å². The molecule has 1 aliphatic heterocycles. The summed E-state index contributed by atoms with van der Waals surface area (Å²) in [5, 5.41) is 4.00. The van der Waals surface area contributed by atoms with Crippen LogP contribution in [0.25, 0.3) is 0 Å². The van der Waals surface area contributed by atoms with Gasteiger partial charge in [0.15, 0.2) is 0 Å². The largest absolute Gasteiger partial charge is 0.497 e. The van der Waals surface area contributed by atoms with Crippen LogP contribution in [0.3, 0.4) is 0 Å². The van der Waals surface area contributed by atoms with Crippen LogP contribution < -0.4 is 14.8 Å². The molecule has 3 rings (SSSR count). The van der Waals surface area contributed by atoms with Crippen molar-refractivity contribution in [1.82, 2.24) is 10.2 Å². The lowest BCUT2D eigenvalue weighted by Gasteiger charge is -2.37. The van der Waals surface area contributed by atoms with E-state index < -0.39 is 0 Å². The molecule has 2 aromatic rings. The van der Waals surface area contributed by atoms with E-state index in [9.17, 15) is 4.79 Å². The predicted octanol–water partition coefficient (Wildman–Crippen LogP) is 3.57. The SMILES string of the molecule is COc1ccc(C(=O)N2CCNCC2c2ccccc2Cl)c(OC)c1.Cl. The van der Waals surface area contributed by atoms with Crippen LogP contribution >= 0.6 is 24.0 Å². The Balaban J connectivity index is 0.00000243. The third kappa shape index (κ3) is 4.06. The van der Waals surface area contributed by atoms with Gasteiger partial charge in [0, 0.05) is 30.7 Å². The van der Waals surface area contributed by atoms with Crippen molar-refractivity contribution in [2.75, 3.05) is 33.9 Å². The summed E-state index contributed by atoms with van der Waals surface area (Å²) in [6.45, 7) is 2.00. The predicted molar refractivity (Wildman–Crippen MR) is 105 cm³/mol. The van der Waals surface area contributed by atoms with Crippen molar-refractivity contribution < 1.29 is 14.3 Å². The molecular weight excluding hydrogens is 375 g/mol. The average molecular weight is 397 g/mol. The van der Waals surface area contributed by atoms with Crippen molar-refractivity contribution in [3.8, 4) is 11.5 Å². The van der Waals surface area contributed by atoms with Crippen molar-refractivity contribution in [3.05, 3.63) is 58.6 Å². The van der Waals surface area contributed by atoms with E-state index in [0.29, 0.717) is 35.2 Å². The minimum Gasteiger partial charge on any atom is -0.497 e. The van der Waals surface area contributed by atoms with Gasteiger partial charge in [0.1, 0.15) is 11.5 Å². The quantitative estimate of drug-likeness (QED) is 0.857. The van der Waals surface area contributed by atoms with Crippen LogP contribution in [0.5, 0.6) is 11.5 Å². The number of amides is 1. The molecule has 140 valence electrons. The molecule has 5 nitrogen and oxygen atoms in total. The van der Waals surface area contributed by atoms with Crippen LogP contribution in [0.4, 0.5) is 0 Å². The zero-order valence-electron chi connectivity index (χ0n) is 14.7. The third-order valence-corrected chi connectivity index (χ3v) is 4.75. The van der Waals surface area contributed by atoms with E-state index in [1.807, 2.05) is 29.2 Å². The number of ether oxygens (including phenoxy) is 2. The van der Waals surface area contributed by atoms with Crippen molar-refractivity contribution in [2.45, 2.75) is 6.04 Å².